The molecule has 0 atom stereocenters. The van der Waals surface area contributed by atoms with E-state index in [1.54, 1.807) is 15.8 Å². The van der Waals surface area contributed by atoms with E-state index in [0.29, 0.717) is 32.1 Å². The van der Waals surface area contributed by atoms with Crippen LogP contribution in [0.1, 0.15) is 13.8 Å². The minimum absolute atomic E-state index is 0.0159. The molecular formula is C15H25N7O2. The number of carbonyl (C=O) groups excluding carboxylic acids is 2. The van der Waals surface area contributed by atoms with Crippen molar-refractivity contribution in [1.29, 1.82) is 0 Å². The number of piperazine rings is 1. The quantitative estimate of drug-likeness (QED) is 0.541. The van der Waals surface area contributed by atoms with E-state index in [4.69, 9.17) is 0 Å². The Balaban J connectivity index is 2.01. The summed E-state index contributed by atoms with van der Waals surface area (Å²) in [7, 11) is 1.82. The second-order valence-electron chi connectivity index (χ2n) is 5.46. The number of nitrogens with one attached hydrogen (secondary N) is 2. The first-order chi connectivity index (χ1) is 11.5. The van der Waals surface area contributed by atoms with Crippen LogP contribution in [0.2, 0.25) is 0 Å². The summed E-state index contributed by atoms with van der Waals surface area (Å²) in [6, 6.07) is 0. The Kier molecular flexibility index (Phi) is 6.16. The summed E-state index contributed by atoms with van der Waals surface area (Å²) in [5, 5.41) is 9.95. The topological polar surface area (TPSA) is 94.9 Å². The zero-order valence-corrected chi connectivity index (χ0v) is 14.4. The van der Waals surface area contributed by atoms with Crippen molar-refractivity contribution in [2.24, 2.45) is 12.0 Å². The van der Waals surface area contributed by atoms with Crippen LogP contribution in [0.4, 0.5) is 5.69 Å². The van der Waals surface area contributed by atoms with Gasteiger partial charge in [0.15, 0.2) is 5.96 Å². The average Bonchev–Trinajstić information content (AvgIpc) is 2.97. The van der Waals surface area contributed by atoms with Crippen LogP contribution in [0.15, 0.2) is 17.4 Å². The number of aliphatic imine (C=N–C) groups is 1. The molecule has 1 aromatic rings. The van der Waals surface area contributed by atoms with Gasteiger partial charge in [-0.3, -0.25) is 14.3 Å². The maximum Gasteiger partial charge on any atom is 0.246 e. The number of aryl methyl sites for hydroxylation is 1. The van der Waals surface area contributed by atoms with Gasteiger partial charge in [0.1, 0.15) is 13.1 Å². The molecule has 2 amide bonds. The van der Waals surface area contributed by atoms with Crippen molar-refractivity contribution < 1.29 is 9.59 Å². The Morgan fingerprint density at radius 3 is 2.62 bits per heavy atom. The van der Waals surface area contributed by atoms with Gasteiger partial charge in [-0.25, -0.2) is 4.99 Å². The molecule has 1 fully saturated rings. The molecule has 2 rings (SSSR count). The number of guanidine groups is 1. The van der Waals surface area contributed by atoms with Crippen LogP contribution in [0.3, 0.4) is 0 Å². The molecule has 1 aliphatic rings. The monoisotopic (exact) mass is 335 g/mol. The molecule has 0 unspecified atom stereocenters. The normalized spacial score (nSPS) is 15.6. The van der Waals surface area contributed by atoms with Crippen LogP contribution < -0.4 is 15.5 Å². The number of nitrogens with zero attached hydrogens (tertiary/aromatic N) is 5. The number of rotatable bonds is 5. The van der Waals surface area contributed by atoms with Crippen LogP contribution in [-0.2, 0) is 16.6 Å². The van der Waals surface area contributed by atoms with E-state index in [9.17, 15) is 9.59 Å². The van der Waals surface area contributed by atoms with Crippen LogP contribution in [0, 0.1) is 0 Å². The summed E-state index contributed by atoms with van der Waals surface area (Å²) in [6.45, 7) is 6.53. The second kappa shape index (κ2) is 8.32. The van der Waals surface area contributed by atoms with E-state index in [-0.39, 0.29) is 24.9 Å². The van der Waals surface area contributed by atoms with Crippen molar-refractivity contribution in [3.05, 3.63) is 12.4 Å². The SMILES string of the molecule is CCNC(=O)CN=C(NCC)N1CCN(c2cnn(C)c2)C(=O)C1. The predicted octanol–water partition coefficient (Wildman–Crippen LogP) is -0.830. The first kappa shape index (κ1) is 17.8. The summed E-state index contributed by atoms with van der Waals surface area (Å²) in [5.74, 6) is 0.439. The van der Waals surface area contributed by atoms with E-state index in [1.807, 2.05) is 32.0 Å². The summed E-state index contributed by atoms with van der Waals surface area (Å²) in [5.41, 5.74) is 0.798. The highest BCUT2D eigenvalue weighted by Crippen LogP contribution is 2.15. The highest BCUT2D eigenvalue weighted by Gasteiger charge is 2.27. The lowest BCUT2D eigenvalue weighted by atomic mass is 10.3. The minimum Gasteiger partial charge on any atom is -0.356 e. The Hall–Kier alpha value is -2.58. The molecule has 2 heterocycles. The molecule has 0 aromatic carbocycles. The molecule has 0 radical (unpaired) electrons. The second-order valence-corrected chi connectivity index (χ2v) is 5.46. The fourth-order valence-electron chi connectivity index (χ4n) is 2.50. The van der Waals surface area contributed by atoms with E-state index in [2.05, 4.69) is 20.7 Å². The smallest absolute Gasteiger partial charge is 0.246 e. The first-order valence-corrected chi connectivity index (χ1v) is 8.14. The van der Waals surface area contributed by atoms with Gasteiger partial charge in [0.25, 0.3) is 0 Å². The molecule has 1 aliphatic heterocycles. The van der Waals surface area contributed by atoms with Crippen molar-refractivity contribution in [2.45, 2.75) is 13.8 Å². The maximum absolute atomic E-state index is 12.4. The third-order valence-electron chi connectivity index (χ3n) is 3.60. The molecule has 9 heteroatoms. The number of hydrogen-bond acceptors (Lipinski definition) is 4. The highest BCUT2D eigenvalue weighted by molar-refractivity contribution is 5.98. The zero-order valence-electron chi connectivity index (χ0n) is 14.4. The average molecular weight is 335 g/mol. The van der Waals surface area contributed by atoms with Gasteiger partial charge in [-0.05, 0) is 13.8 Å². The number of hydrogen-bond donors (Lipinski definition) is 2. The third-order valence-corrected chi connectivity index (χ3v) is 3.60. The summed E-state index contributed by atoms with van der Waals surface area (Å²) >= 11 is 0. The van der Waals surface area contributed by atoms with Crippen molar-refractivity contribution in [3.8, 4) is 0 Å². The lowest BCUT2D eigenvalue weighted by Gasteiger charge is -2.35. The van der Waals surface area contributed by atoms with Gasteiger partial charge in [-0.2, -0.15) is 5.10 Å². The predicted molar refractivity (Wildman–Crippen MR) is 91.8 cm³/mol. The lowest BCUT2D eigenvalue weighted by molar-refractivity contribution is -0.120. The summed E-state index contributed by atoms with van der Waals surface area (Å²) < 4.78 is 1.67. The van der Waals surface area contributed by atoms with E-state index in [0.717, 1.165) is 5.69 Å². The molecule has 0 aliphatic carbocycles. The van der Waals surface area contributed by atoms with Gasteiger partial charge in [-0.1, -0.05) is 0 Å². The van der Waals surface area contributed by atoms with Crippen LogP contribution >= 0.6 is 0 Å². The van der Waals surface area contributed by atoms with Gasteiger partial charge in [-0.15, -0.1) is 0 Å². The number of likely N-dealkylation sites (N-methyl/N-ethyl adjacent to an activating group) is 1. The molecule has 0 bridgehead atoms. The molecule has 0 spiro atoms. The molecular weight excluding hydrogens is 310 g/mol. The van der Waals surface area contributed by atoms with Gasteiger partial charge in [0.05, 0.1) is 11.9 Å². The number of amides is 2. The van der Waals surface area contributed by atoms with E-state index >= 15 is 0 Å². The Bertz CT molecular complexity index is 611. The Labute approximate surface area is 141 Å². The van der Waals surface area contributed by atoms with Crippen molar-refractivity contribution in [2.75, 3.05) is 44.2 Å². The van der Waals surface area contributed by atoms with Crippen molar-refractivity contribution >= 4 is 23.5 Å². The van der Waals surface area contributed by atoms with Gasteiger partial charge >= 0.3 is 0 Å². The molecule has 1 saturated heterocycles. The summed E-state index contributed by atoms with van der Waals surface area (Å²) in [6.07, 6.45) is 3.50. The van der Waals surface area contributed by atoms with E-state index < -0.39 is 0 Å². The third kappa shape index (κ3) is 4.46. The molecule has 1 aromatic heterocycles. The zero-order chi connectivity index (χ0) is 17.5. The molecule has 0 saturated carbocycles. The number of carbonyl (C=O) groups is 2. The number of aromatic nitrogens is 2. The van der Waals surface area contributed by atoms with Crippen LogP contribution in [0.5, 0.6) is 0 Å². The standard InChI is InChI=1S/C15H25N7O2/c1-4-16-13(23)9-18-15(17-5-2)21-6-7-22(14(24)11-21)12-8-19-20(3)10-12/h8,10H,4-7,9,11H2,1-3H3,(H,16,23)(H,17,18). The molecule has 2 N–H and O–H groups in total. The van der Waals surface area contributed by atoms with Gasteiger partial charge in [0, 0.05) is 39.4 Å². The molecule has 24 heavy (non-hydrogen) atoms. The fourth-order valence-corrected chi connectivity index (χ4v) is 2.50. The minimum atomic E-state index is -0.131. The highest BCUT2D eigenvalue weighted by atomic mass is 16.2. The van der Waals surface area contributed by atoms with Gasteiger partial charge in [0.2, 0.25) is 11.8 Å². The van der Waals surface area contributed by atoms with Gasteiger partial charge < -0.3 is 20.4 Å². The Morgan fingerprint density at radius 1 is 1.29 bits per heavy atom. The van der Waals surface area contributed by atoms with Crippen LogP contribution in [-0.4, -0.2) is 71.7 Å². The number of anilines is 1. The lowest BCUT2D eigenvalue weighted by Crippen LogP contribution is -2.55. The van der Waals surface area contributed by atoms with Crippen molar-refractivity contribution in [3.63, 3.8) is 0 Å². The summed E-state index contributed by atoms with van der Waals surface area (Å²) in [4.78, 5) is 32.0. The maximum atomic E-state index is 12.4. The van der Waals surface area contributed by atoms with Crippen molar-refractivity contribution in [1.82, 2.24) is 25.3 Å². The molecule has 9 nitrogen and oxygen atoms in total. The van der Waals surface area contributed by atoms with Crippen LogP contribution in [0.25, 0.3) is 0 Å². The fraction of sp³-hybridized carbons (Fsp3) is 0.600. The molecule has 132 valence electrons. The van der Waals surface area contributed by atoms with E-state index in [1.165, 1.54) is 0 Å². The Morgan fingerprint density at radius 2 is 2.04 bits per heavy atom. The first-order valence-electron chi connectivity index (χ1n) is 8.14. The largest absolute Gasteiger partial charge is 0.356 e.